The van der Waals surface area contributed by atoms with E-state index in [4.69, 9.17) is 11.6 Å². The highest BCUT2D eigenvalue weighted by molar-refractivity contribution is 6.33. The summed E-state index contributed by atoms with van der Waals surface area (Å²) >= 11 is 6.14. The molecule has 0 aliphatic heterocycles. The normalized spacial score (nSPS) is 12.6. The largest absolute Gasteiger partial charge is 0.435 e. The highest BCUT2D eigenvalue weighted by atomic mass is 35.5. The van der Waals surface area contributed by atoms with Crippen molar-refractivity contribution in [3.63, 3.8) is 0 Å². The van der Waals surface area contributed by atoms with Gasteiger partial charge in [0.15, 0.2) is 0 Å². The van der Waals surface area contributed by atoms with Crippen molar-refractivity contribution in [1.82, 2.24) is 10.6 Å². The van der Waals surface area contributed by atoms with E-state index >= 15 is 0 Å². The summed E-state index contributed by atoms with van der Waals surface area (Å²) in [5.74, 6) is -0.707. The quantitative estimate of drug-likeness (QED) is 0.421. The van der Waals surface area contributed by atoms with Crippen LogP contribution >= 0.6 is 11.6 Å². The van der Waals surface area contributed by atoms with Gasteiger partial charge in [-0.3, -0.25) is 9.59 Å². The van der Waals surface area contributed by atoms with Crippen molar-refractivity contribution in [1.29, 1.82) is 0 Å². The van der Waals surface area contributed by atoms with Gasteiger partial charge in [0.1, 0.15) is 5.75 Å². The van der Waals surface area contributed by atoms with Crippen LogP contribution in [0.25, 0.3) is 0 Å². The number of nitrogens with one attached hydrogen (secondary N) is 2. The summed E-state index contributed by atoms with van der Waals surface area (Å²) in [7, 11) is 0. The van der Waals surface area contributed by atoms with Gasteiger partial charge in [0.05, 0.1) is 29.1 Å². The molecular weight excluding hydrogens is 450 g/mol. The minimum atomic E-state index is -2.93. The predicted molar refractivity (Wildman–Crippen MR) is 122 cm³/mol. The van der Waals surface area contributed by atoms with E-state index in [1.54, 1.807) is 43.3 Å². The molecular formula is C25H23ClF2N2O3. The summed E-state index contributed by atoms with van der Waals surface area (Å²) in [6.07, 6.45) is -0.0300. The summed E-state index contributed by atoms with van der Waals surface area (Å²) in [5.41, 5.74) is 1.68. The molecule has 0 fully saturated rings. The summed E-state index contributed by atoms with van der Waals surface area (Å²) < 4.78 is 29.4. The van der Waals surface area contributed by atoms with Crippen LogP contribution < -0.4 is 15.4 Å². The third kappa shape index (κ3) is 7.02. The summed E-state index contributed by atoms with van der Waals surface area (Å²) in [6.45, 7) is -1.20. The Balaban J connectivity index is 1.71. The zero-order chi connectivity index (χ0) is 23.8. The van der Waals surface area contributed by atoms with E-state index in [-0.39, 0.29) is 18.1 Å². The first kappa shape index (κ1) is 24.2. The van der Waals surface area contributed by atoms with Gasteiger partial charge in [-0.2, -0.15) is 8.78 Å². The number of rotatable bonds is 9. The van der Waals surface area contributed by atoms with Crippen LogP contribution in [-0.2, 0) is 4.79 Å². The monoisotopic (exact) mass is 472 g/mol. The molecule has 0 aliphatic carbocycles. The lowest BCUT2D eigenvalue weighted by Gasteiger charge is -2.21. The van der Waals surface area contributed by atoms with E-state index < -0.39 is 24.6 Å². The minimum Gasteiger partial charge on any atom is -0.435 e. The van der Waals surface area contributed by atoms with E-state index in [1.807, 2.05) is 30.3 Å². The van der Waals surface area contributed by atoms with Crippen molar-refractivity contribution in [2.75, 3.05) is 0 Å². The lowest BCUT2D eigenvalue weighted by Crippen LogP contribution is -2.34. The first-order chi connectivity index (χ1) is 15.8. The van der Waals surface area contributed by atoms with E-state index in [0.717, 1.165) is 5.56 Å². The lowest BCUT2D eigenvalue weighted by atomic mass is 10.0. The number of hydrogen-bond acceptors (Lipinski definition) is 3. The van der Waals surface area contributed by atoms with E-state index in [0.29, 0.717) is 16.1 Å². The minimum absolute atomic E-state index is 0.0118. The lowest BCUT2D eigenvalue weighted by molar-refractivity contribution is -0.122. The van der Waals surface area contributed by atoms with Crippen LogP contribution in [0.1, 0.15) is 46.9 Å². The van der Waals surface area contributed by atoms with Gasteiger partial charge in [0.25, 0.3) is 5.91 Å². The topological polar surface area (TPSA) is 67.4 Å². The molecule has 0 heterocycles. The third-order valence-electron chi connectivity index (χ3n) is 4.98. The molecule has 0 bridgehead atoms. The number of alkyl halides is 2. The van der Waals surface area contributed by atoms with Gasteiger partial charge in [-0.25, -0.2) is 0 Å². The standard InChI is InChI=1S/C25H23ClF2N2O3/c1-16(18-10-7-11-19(14-18)33-25(27)28)29-23(31)15-22(17-8-3-2-4-9-17)30-24(32)20-12-5-6-13-21(20)26/h2-14,16,22,25H,15H2,1H3,(H,29,31)(H,30,32). The van der Waals surface area contributed by atoms with Crippen LogP contribution in [0.15, 0.2) is 78.9 Å². The smallest absolute Gasteiger partial charge is 0.387 e. The maximum absolute atomic E-state index is 12.8. The van der Waals surface area contributed by atoms with Crippen molar-refractivity contribution in [3.8, 4) is 5.75 Å². The molecule has 3 aromatic rings. The van der Waals surface area contributed by atoms with Gasteiger partial charge >= 0.3 is 6.61 Å². The SMILES string of the molecule is CC(NC(=O)CC(NC(=O)c1ccccc1Cl)c1ccccc1)c1cccc(OC(F)F)c1. The first-order valence-electron chi connectivity index (χ1n) is 10.3. The summed E-state index contributed by atoms with van der Waals surface area (Å²) in [4.78, 5) is 25.6. The number of ether oxygens (including phenoxy) is 1. The van der Waals surface area contributed by atoms with Crippen molar-refractivity contribution in [3.05, 3.63) is 101 Å². The Morgan fingerprint density at radius 3 is 2.27 bits per heavy atom. The fourth-order valence-electron chi connectivity index (χ4n) is 3.35. The average molecular weight is 473 g/mol. The number of benzene rings is 3. The van der Waals surface area contributed by atoms with E-state index in [2.05, 4.69) is 15.4 Å². The van der Waals surface area contributed by atoms with Crippen molar-refractivity contribution < 1.29 is 23.1 Å². The molecule has 0 aliphatic rings. The molecule has 3 aromatic carbocycles. The zero-order valence-corrected chi connectivity index (χ0v) is 18.6. The molecule has 2 unspecified atom stereocenters. The van der Waals surface area contributed by atoms with Crippen LogP contribution in [0.5, 0.6) is 5.75 Å². The number of hydrogen-bond donors (Lipinski definition) is 2. The Hall–Kier alpha value is -3.45. The summed E-state index contributed by atoms with van der Waals surface area (Å²) in [6, 6.07) is 20.9. The Kier molecular flexibility index (Phi) is 8.38. The average Bonchev–Trinajstić information content (AvgIpc) is 2.79. The molecule has 0 saturated heterocycles. The molecule has 2 atom stereocenters. The number of amides is 2. The maximum Gasteiger partial charge on any atom is 0.387 e. The molecule has 8 heteroatoms. The van der Waals surface area contributed by atoms with Crippen LogP contribution in [0.4, 0.5) is 8.78 Å². The van der Waals surface area contributed by atoms with Crippen LogP contribution in [0.3, 0.4) is 0 Å². The summed E-state index contributed by atoms with van der Waals surface area (Å²) in [5, 5.41) is 6.03. The van der Waals surface area contributed by atoms with Crippen LogP contribution in [-0.4, -0.2) is 18.4 Å². The Bertz CT molecular complexity index is 1100. The number of carbonyl (C=O) groups is 2. The molecule has 2 amide bonds. The predicted octanol–water partition coefficient (Wildman–Crippen LogP) is 5.68. The van der Waals surface area contributed by atoms with E-state index in [1.165, 1.54) is 12.1 Å². The Labute approximate surface area is 195 Å². The molecule has 0 spiro atoms. The zero-order valence-electron chi connectivity index (χ0n) is 17.8. The highest BCUT2D eigenvalue weighted by Gasteiger charge is 2.21. The fraction of sp³-hybridized carbons (Fsp3) is 0.200. The second-order valence-electron chi connectivity index (χ2n) is 7.36. The number of carbonyl (C=O) groups excluding carboxylic acids is 2. The maximum atomic E-state index is 12.8. The molecule has 2 N–H and O–H groups in total. The second-order valence-corrected chi connectivity index (χ2v) is 7.77. The first-order valence-corrected chi connectivity index (χ1v) is 10.7. The van der Waals surface area contributed by atoms with Gasteiger partial charge in [-0.15, -0.1) is 0 Å². The fourth-order valence-corrected chi connectivity index (χ4v) is 3.57. The van der Waals surface area contributed by atoms with Gasteiger partial charge in [0.2, 0.25) is 5.91 Å². The van der Waals surface area contributed by atoms with Crippen LogP contribution in [0.2, 0.25) is 5.02 Å². The third-order valence-corrected chi connectivity index (χ3v) is 5.31. The van der Waals surface area contributed by atoms with E-state index in [9.17, 15) is 18.4 Å². The van der Waals surface area contributed by atoms with Gasteiger partial charge in [-0.1, -0.05) is 66.2 Å². The van der Waals surface area contributed by atoms with Gasteiger partial charge < -0.3 is 15.4 Å². The number of halogens is 3. The molecule has 0 radical (unpaired) electrons. The van der Waals surface area contributed by atoms with Crippen molar-refractivity contribution in [2.24, 2.45) is 0 Å². The molecule has 3 rings (SSSR count). The van der Waals surface area contributed by atoms with Crippen molar-refractivity contribution >= 4 is 23.4 Å². The molecule has 0 aromatic heterocycles. The molecule has 172 valence electrons. The molecule has 0 saturated carbocycles. The second kappa shape index (κ2) is 11.4. The highest BCUT2D eigenvalue weighted by Crippen LogP contribution is 2.23. The van der Waals surface area contributed by atoms with Crippen molar-refractivity contribution in [2.45, 2.75) is 32.0 Å². The Morgan fingerprint density at radius 2 is 1.58 bits per heavy atom. The van der Waals surface area contributed by atoms with Gasteiger partial charge in [-0.05, 0) is 42.3 Å². The van der Waals surface area contributed by atoms with Crippen LogP contribution in [0, 0.1) is 0 Å². The molecule has 33 heavy (non-hydrogen) atoms. The molecule has 5 nitrogen and oxygen atoms in total. The van der Waals surface area contributed by atoms with Gasteiger partial charge in [0, 0.05) is 0 Å². The Morgan fingerprint density at radius 1 is 0.909 bits per heavy atom.